The van der Waals surface area contributed by atoms with Gasteiger partial charge in [0.2, 0.25) is 0 Å². The van der Waals surface area contributed by atoms with Gasteiger partial charge in [-0.25, -0.2) is 0 Å². The molecule has 6 heteroatoms. The summed E-state index contributed by atoms with van der Waals surface area (Å²) in [7, 11) is 0. The Morgan fingerprint density at radius 3 is 3.11 bits per heavy atom. The van der Waals surface area contributed by atoms with E-state index in [1.807, 2.05) is 6.07 Å². The van der Waals surface area contributed by atoms with Crippen molar-refractivity contribution in [1.82, 2.24) is 9.59 Å². The Bertz CT molecular complexity index is 638. The van der Waals surface area contributed by atoms with Gasteiger partial charge in [0, 0.05) is 15.4 Å². The average molecular weight is 323 g/mol. The molecule has 0 bridgehead atoms. The molecular weight excluding hydrogens is 316 g/mol. The number of carbonyl (C=O) groups is 1. The van der Waals surface area contributed by atoms with Crippen LogP contribution in [0.15, 0.2) is 33.6 Å². The van der Waals surface area contributed by atoms with Gasteiger partial charge in [-0.05, 0) is 35.8 Å². The highest BCUT2D eigenvalue weighted by molar-refractivity contribution is 9.10. The molecule has 18 heavy (non-hydrogen) atoms. The van der Waals surface area contributed by atoms with Gasteiger partial charge in [-0.3, -0.25) is 4.79 Å². The standard InChI is InChI=1S/C12H7BrN2O2S/c13-8-1-2-11-10(4-8)12(16)7(5-17-11)3-9-6-18-15-14-9/h1-4,6H,5H2. The van der Waals surface area contributed by atoms with Crippen LogP contribution < -0.4 is 4.74 Å². The van der Waals surface area contributed by atoms with E-state index in [1.54, 1.807) is 23.6 Å². The summed E-state index contributed by atoms with van der Waals surface area (Å²) in [4.78, 5) is 12.3. The second-order valence-electron chi connectivity index (χ2n) is 3.76. The van der Waals surface area contributed by atoms with Crippen LogP contribution in [0.1, 0.15) is 16.1 Å². The summed E-state index contributed by atoms with van der Waals surface area (Å²) in [5.74, 6) is 0.599. The molecule has 90 valence electrons. The van der Waals surface area contributed by atoms with Crippen LogP contribution >= 0.6 is 27.5 Å². The molecule has 0 spiro atoms. The number of Topliss-reactive ketones (excluding diaryl/α,β-unsaturated/α-hetero) is 1. The molecular formula is C12H7BrN2O2S. The number of carbonyl (C=O) groups excluding carboxylic acids is 1. The van der Waals surface area contributed by atoms with Gasteiger partial charge in [0.05, 0.1) is 11.3 Å². The topological polar surface area (TPSA) is 52.1 Å². The molecule has 0 radical (unpaired) electrons. The summed E-state index contributed by atoms with van der Waals surface area (Å²) in [6, 6.07) is 5.41. The Morgan fingerprint density at radius 1 is 1.44 bits per heavy atom. The van der Waals surface area contributed by atoms with E-state index < -0.39 is 0 Å². The van der Waals surface area contributed by atoms with Gasteiger partial charge in [-0.1, -0.05) is 20.4 Å². The minimum Gasteiger partial charge on any atom is -0.488 e. The fraction of sp³-hybridized carbons (Fsp3) is 0.0833. The maximum atomic E-state index is 12.3. The lowest BCUT2D eigenvalue weighted by Crippen LogP contribution is -2.19. The molecule has 1 aliphatic heterocycles. The highest BCUT2D eigenvalue weighted by atomic mass is 79.9. The molecule has 0 atom stereocenters. The third-order valence-electron chi connectivity index (χ3n) is 2.56. The minimum absolute atomic E-state index is 0.0226. The van der Waals surface area contributed by atoms with Gasteiger partial charge in [0.1, 0.15) is 12.4 Å². The average Bonchev–Trinajstić information content (AvgIpc) is 2.86. The van der Waals surface area contributed by atoms with E-state index in [0.717, 1.165) is 4.47 Å². The van der Waals surface area contributed by atoms with Crippen LogP contribution in [0.25, 0.3) is 6.08 Å². The highest BCUT2D eigenvalue weighted by Gasteiger charge is 2.23. The lowest BCUT2D eigenvalue weighted by molar-refractivity contribution is 0.100. The highest BCUT2D eigenvalue weighted by Crippen LogP contribution is 2.30. The summed E-state index contributed by atoms with van der Waals surface area (Å²) in [6.07, 6.45) is 1.72. The third-order valence-corrected chi connectivity index (χ3v) is 3.58. The molecule has 0 unspecified atom stereocenters. The molecule has 2 heterocycles. The number of hydrogen-bond acceptors (Lipinski definition) is 5. The van der Waals surface area contributed by atoms with Gasteiger partial charge < -0.3 is 4.74 Å². The lowest BCUT2D eigenvalue weighted by Gasteiger charge is -2.18. The Hall–Kier alpha value is -1.53. The molecule has 1 aromatic carbocycles. The van der Waals surface area contributed by atoms with E-state index in [0.29, 0.717) is 22.6 Å². The van der Waals surface area contributed by atoms with Gasteiger partial charge in [-0.2, -0.15) is 0 Å². The number of aromatic nitrogens is 2. The van der Waals surface area contributed by atoms with Crippen LogP contribution in [0, 0.1) is 0 Å². The fourth-order valence-electron chi connectivity index (χ4n) is 1.72. The number of ether oxygens (including phenoxy) is 1. The number of halogens is 1. The molecule has 2 aromatic rings. The molecule has 1 aliphatic rings. The number of benzene rings is 1. The van der Waals surface area contributed by atoms with Crippen LogP contribution in [-0.4, -0.2) is 22.0 Å². The van der Waals surface area contributed by atoms with Gasteiger partial charge in [0.25, 0.3) is 0 Å². The summed E-state index contributed by atoms with van der Waals surface area (Å²) in [5, 5.41) is 5.68. The Kier molecular flexibility index (Phi) is 2.97. The van der Waals surface area contributed by atoms with Crippen molar-refractivity contribution in [2.45, 2.75) is 0 Å². The van der Waals surface area contributed by atoms with E-state index in [9.17, 15) is 4.79 Å². The van der Waals surface area contributed by atoms with Gasteiger partial charge in [-0.15, -0.1) is 5.10 Å². The van der Waals surface area contributed by atoms with Gasteiger partial charge >= 0.3 is 0 Å². The first kappa shape index (κ1) is 11.6. The fourth-order valence-corrected chi connectivity index (χ4v) is 2.49. The second kappa shape index (κ2) is 4.62. The Morgan fingerprint density at radius 2 is 2.33 bits per heavy atom. The zero-order valence-electron chi connectivity index (χ0n) is 9.09. The largest absolute Gasteiger partial charge is 0.488 e. The van der Waals surface area contributed by atoms with Crippen molar-refractivity contribution in [3.8, 4) is 5.75 Å². The van der Waals surface area contributed by atoms with Crippen LogP contribution in [0.2, 0.25) is 0 Å². The summed E-state index contributed by atoms with van der Waals surface area (Å²) >= 11 is 4.60. The molecule has 0 saturated carbocycles. The molecule has 4 nitrogen and oxygen atoms in total. The van der Waals surface area contributed by atoms with Crippen molar-refractivity contribution < 1.29 is 9.53 Å². The molecule has 0 aliphatic carbocycles. The maximum absolute atomic E-state index is 12.3. The zero-order valence-corrected chi connectivity index (χ0v) is 11.5. The molecule has 1 aromatic heterocycles. The van der Waals surface area contributed by atoms with Crippen LogP contribution in [0.3, 0.4) is 0 Å². The first-order valence-electron chi connectivity index (χ1n) is 5.19. The summed E-state index contributed by atoms with van der Waals surface area (Å²) in [5.41, 5.74) is 1.85. The van der Waals surface area contributed by atoms with Crippen molar-refractivity contribution >= 4 is 39.3 Å². The summed E-state index contributed by atoms with van der Waals surface area (Å²) in [6.45, 7) is 0.269. The van der Waals surface area contributed by atoms with E-state index in [2.05, 4.69) is 25.5 Å². The van der Waals surface area contributed by atoms with E-state index in [1.165, 1.54) is 11.5 Å². The SMILES string of the molecule is O=C1C(=Cc2csnn2)COc2ccc(Br)cc21. The van der Waals surface area contributed by atoms with Gasteiger partial charge in [0.15, 0.2) is 5.78 Å². The number of nitrogens with zero attached hydrogens (tertiary/aromatic N) is 2. The van der Waals surface area contributed by atoms with E-state index in [-0.39, 0.29) is 12.4 Å². The first-order valence-corrected chi connectivity index (χ1v) is 6.81. The maximum Gasteiger partial charge on any atom is 0.196 e. The van der Waals surface area contributed by atoms with E-state index >= 15 is 0 Å². The third kappa shape index (κ3) is 2.09. The Balaban J connectivity index is 2.01. The Labute approximate surface area is 116 Å². The normalized spacial score (nSPS) is 16.5. The molecule has 0 amide bonds. The monoisotopic (exact) mass is 322 g/mol. The molecule has 3 rings (SSSR count). The minimum atomic E-state index is -0.0226. The number of fused-ring (bicyclic) bond motifs is 1. The van der Waals surface area contributed by atoms with Crippen molar-refractivity contribution in [1.29, 1.82) is 0 Å². The zero-order chi connectivity index (χ0) is 12.5. The van der Waals surface area contributed by atoms with E-state index in [4.69, 9.17) is 4.74 Å². The van der Waals surface area contributed by atoms with Crippen molar-refractivity contribution in [2.24, 2.45) is 0 Å². The van der Waals surface area contributed by atoms with Crippen molar-refractivity contribution in [3.63, 3.8) is 0 Å². The number of hydrogen-bond donors (Lipinski definition) is 0. The van der Waals surface area contributed by atoms with Crippen LogP contribution in [0.5, 0.6) is 5.75 Å². The number of rotatable bonds is 1. The lowest BCUT2D eigenvalue weighted by atomic mass is 10.00. The molecule has 0 fully saturated rings. The first-order chi connectivity index (χ1) is 8.74. The number of ketones is 1. The molecule has 0 saturated heterocycles. The van der Waals surface area contributed by atoms with Crippen LogP contribution in [-0.2, 0) is 0 Å². The smallest absolute Gasteiger partial charge is 0.196 e. The van der Waals surface area contributed by atoms with Crippen LogP contribution in [0.4, 0.5) is 0 Å². The summed E-state index contributed by atoms with van der Waals surface area (Å²) < 4.78 is 10.2. The van der Waals surface area contributed by atoms with Crippen molar-refractivity contribution in [3.05, 3.63) is 44.9 Å². The van der Waals surface area contributed by atoms with Crippen molar-refractivity contribution in [2.75, 3.05) is 6.61 Å². The predicted molar refractivity (Wildman–Crippen MR) is 71.9 cm³/mol. The predicted octanol–water partition coefficient (Wildman–Crippen LogP) is 2.96. The quantitative estimate of drug-likeness (QED) is 0.757. The molecule has 0 N–H and O–H groups in total. The second-order valence-corrected chi connectivity index (χ2v) is 5.28.